The summed E-state index contributed by atoms with van der Waals surface area (Å²) >= 11 is 2.70. The van der Waals surface area contributed by atoms with E-state index in [0.29, 0.717) is 32.6 Å². The van der Waals surface area contributed by atoms with E-state index in [1.54, 1.807) is 62.4 Å². The number of rotatable bonds is 11. The Labute approximate surface area is 250 Å². The van der Waals surface area contributed by atoms with E-state index < -0.39 is 11.8 Å². The second-order valence-corrected chi connectivity index (χ2v) is 10.9. The van der Waals surface area contributed by atoms with Crippen molar-refractivity contribution in [3.63, 3.8) is 0 Å². The number of carbonyl (C=O) groups excluding carboxylic acids is 4. The van der Waals surface area contributed by atoms with Crippen molar-refractivity contribution in [3.05, 3.63) is 104 Å². The number of hydrogen-bond acceptors (Lipinski definition) is 8. The van der Waals surface area contributed by atoms with Crippen LogP contribution in [-0.2, 0) is 9.59 Å². The number of carbonyl (C=O) groups is 4. The minimum atomic E-state index is -0.429. The van der Waals surface area contributed by atoms with E-state index in [2.05, 4.69) is 31.7 Å². The van der Waals surface area contributed by atoms with Gasteiger partial charge in [0.1, 0.15) is 0 Å². The van der Waals surface area contributed by atoms with E-state index >= 15 is 0 Å². The zero-order valence-electron chi connectivity index (χ0n) is 22.8. The second kappa shape index (κ2) is 14.6. The maximum Gasteiger partial charge on any atom is 0.265 e. The molecule has 0 spiro atoms. The lowest BCUT2D eigenvalue weighted by Crippen LogP contribution is -2.24. The molecule has 2 aromatic carbocycles. The van der Waals surface area contributed by atoms with E-state index in [4.69, 9.17) is 0 Å². The lowest BCUT2D eigenvalue weighted by atomic mass is 10.1. The Balaban J connectivity index is 1.23. The van der Waals surface area contributed by atoms with Crippen LogP contribution in [0.2, 0.25) is 0 Å². The molecule has 0 fully saturated rings. The van der Waals surface area contributed by atoms with Gasteiger partial charge in [-0.2, -0.15) is 10.2 Å². The number of nitrogens with zero attached hydrogens (tertiary/aromatic N) is 2. The van der Waals surface area contributed by atoms with Crippen LogP contribution in [0, 0.1) is 0 Å². The topological polar surface area (TPSA) is 141 Å². The molecule has 4 aromatic rings. The first kappa shape index (κ1) is 30.0. The fourth-order valence-corrected chi connectivity index (χ4v) is 4.84. The average molecular weight is 601 g/mol. The summed E-state index contributed by atoms with van der Waals surface area (Å²) in [6, 6.07) is 21.4. The zero-order valence-corrected chi connectivity index (χ0v) is 24.5. The van der Waals surface area contributed by atoms with Crippen LogP contribution in [0.4, 0.5) is 11.4 Å². The molecule has 0 aliphatic heterocycles. The van der Waals surface area contributed by atoms with Crippen LogP contribution in [0.3, 0.4) is 0 Å². The first-order chi connectivity index (χ1) is 20.3. The Kier molecular flexibility index (Phi) is 10.5. The highest BCUT2D eigenvalue weighted by atomic mass is 32.1. The lowest BCUT2D eigenvalue weighted by Gasteiger charge is -2.08. The van der Waals surface area contributed by atoms with Crippen LogP contribution in [0.15, 0.2) is 93.8 Å². The van der Waals surface area contributed by atoms with Gasteiger partial charge in [-0.05, 0) is 72.1 Å². The Morgan fingerprint density at radius 3 is 1.43 bits per heavy atom. The summed E-state index contributed by atoms with van der Waals surface area (Å²) in [4.78, 5) is 50.4. The summed E-state index contributed by atoms with van der Waals surface area (Å²) in [6.45, 7) is 3.46. The van der Waals surface area contributed by atoms with Gasteiger partial charge in [0.05, 0.1) is 21.2 Å². The number of hydrogen-bond donors (Lipinski definition) is 4. The number of nitrogens with one attached hydrogen (secondary N) is 4. The molecule has 4 rings (SSSR count). The molecule has 0 saturated heterocycles. The van der Waals surface area contributed by atoms with Crippen LogP contribution < -0.4 is 21.5 Å². The number of anilines is 2. The first-order valence-electron chi connectivity index (χ1n) is 12.9. The number of hydrazone groups is 2. The highest BCUT2D eigenvalue weighted by molar-refractivity contribution is 7.12. The van der Waals surface area contributed by atoms with Gasteiger partial charge in [-0.1, -0.05) is 36.4 Å². The molecule has 2 aromatic heterocycles. The van der Waals surface area contributed by atoms with Crippen molar-refractivity contribution in [2.45, 2.75) is 26.7 Å². The molecule has 0 aliphatic rings. The third-order valence-electron chi connectivity index (χ3n) is 5.84. The molecule has 42 heavy (non-hydrogen) atoms. The molecule has 2 heterocycles. The molecule has 0 radical (unpaired) electrons. The Bertz CT molecular complexity index is 1510. The maximum absolute atomic E-state index is 12.3. The summed E-state index contributed by atoms with van der Waals surface area (Å²) in [5.74, 6) is -1.26. The van der Waals surface area contributed by atoms with E-state index in [1.807, 2.05) is 35.0 Å². The van der Waals surface area contributed by atoms with Gasteiger partial charge < -0.3 is 10.6 Å². The normalized spacial score (nSPS) is 11.5. The van der Waals surface area contributed by atoms with Crippen LogP contribution >= 0.6 is 22.7 Å². The molecule has 0 bridgehead atoms. The summed E-state index contributed by atoms with van der Waals surface area (Å²) in [5, 5.41) is 17.6. The molecular weight excluding hydrogens is 573 g/mol. The lowest BCUT2D eigenvalue weighted by molar-refractivity contribution is -0.126. The highest BCUT2D eigenvalue weighted by Crippen LogP contribution is 2.17. The van der Waals surface area contributed by atoms with Crippen LogP contribution in [-0.4, -0.2) is 35.1 Å². The maximum atomic E-state index is 12.3. The molecule has 10 nitrogen and oxygen atoms in total. The van der Waals surface area contributed by atoms with E-state index in [9.17, 15) is 19.2 Å². The standard InChI is InChI=1S/C30H28N6O4S2/c1-19(21-7-3-9-23(17-21)31-29(39)25-11-5-15-41-25)33-35-27(37)13-14-28(38)36-34-20(2)22-8-4-10-24(18-22)32-30(40)26-12-6-16-42-26/h3-12,15-18H,13-14H2,1-2H3,(H,31,39)(H,32,40)(H,35,37)(H,36,38)/b33-19+,34-20+. The Morgan fingerprint density at radius 2 is 1.05 bits per heavy atom. The fraction of sp³-hybridized carbons (Fsp3) is 0.133. The van der Waals surface area contributed by atoms with Gasteiger partial charge in [-0.15, -0.1) is 22.7 Å². The van der Waals surface area contributed by atoms with E-state index in [0.717, 1.165) is 11.1 Å². The van der Waals surface area contributed by atoms with Gasteiger partial charge >= 0.3 is 0 Å². The van der Waals surface area contributed by atoms with Crippen molar-refractivity contribution < 1.29 is 19.2 Å². The third-order valence-corrected chi connectivity index (χ3v) is 7.58. The first-order valence-corrected chi connectivity index (χ1v) is 14.6. The largest absolute Gasteiger partial charge is 0.321 e. The van der Waals surface area contributed by atoms with Crippen molar-refractivity contribution in [2.75, 3.05) is 10.6 Å². The SMILES string of the molecule is C/C(=N\NC(=O)CCC(=O)N/N=C(\C)c1cccc(NC(=O)c2cccs2)c1)c1cccc(NC(=O)c2cccs2)c1. The van der Waals surface area contributed by atoms with Crippen molar-refractivity contribution in [2.24, 2.45) is 10.2 Å². The van der Waals surface area contributed by atoms with Gasteiger partial charge in [0.2, 0.25) is 11.8 Å². The molecule has 4 amide bonds. The molecule has 0 saturated carbocycles. The molecule has 0 unspecified atom stereocenters. The van der Waals surface area contributed by atoms with Crippen molar-refractivity contribution in [3.8, 4) is 0 Å². The fourth-order valence-electron chi connectivity index (χ4n) is 3.61. The van der Waals surface area contributed by atoms with Gasteiger partial charge in [-0.3, -0.25) is 19.2 Å². The number of amides is 4. The van der Waals surface area contributed by atoms with Gasteiger partial charge in [0.25, 0.3) is 11.8 Å². The van der Waals surface area contributed by atoms with Crippen molar-refractivity contribution >= 4 is 69.1 Å². The summed E-state index contributed by atoms with van der Waals surface area (Å²) < 4.78 is 0. The number of thiophene rings is 2. The van der Waals surface area contributed by atoms with Crippen molar-refractivity contribution in [1.82, 2.24) is 10.9 Å². The molecule has 4 N–H and O–H groups in total. The average Bonchev–Trinajstić information content (AvgIpc) is 3.73. The monoisotopic (exact) mass is 600 g/mol. The molecule has 214 valence electrons. The predicted molar refractivity (Wildman–Crippen MR) is 167 cm³/mol. The zero-order chi connectivity index (χ0) is 29.9. The van der Waals surface area contributed by atoms with Gasteiger partial charge in [-0.25, -0.2) is 10.9 Å². The smallest absolute Gasteiger partial charge is 0.265 e. The van der Waals surface area contributed by atoms with E-state index in [1.165, 1.54) is 22.7 Å². The van der Waals surface area contributed by atoms with Crippen LogP contribution in [0.25, 0.3) is 0 Å². The molecule has 12 heteroatoms. The van der Waals surface area contributed by atoms with Crippen molar-refractivity contribution in [1.29, 1.82) is 0 Å². The molecule has 0 atom stereocenters. The highest BCUT2D eigenvalue weighted by Gasteiger charge is 2.11. The Hall–Kier alpha value is -4.94. The van der Waals surface area contributed by atoms with Gasteiger partial charge in [0.15, 0.2) is 0 Å². The molecular formula is C30H28N6O4S2. The van der Waals surface area contributed by atoms with E-state index in [-0.39, 0.29) is 24.7 Å². The van der Waals surface area contributed by atoms with Gasteiger partial charge in [0, 0.05) is 24.2 Å². The number of benzene rings is 2. The van der Waals surface area contributed by atoms with Crippen LogP contribution in [0.1, 0.15) is 57.2 Å². The predicted octanol–water partition coefficient (Wildman–Crippen LogP) is 5.48. The molecule has 0 aliphatic carbocycles. The summed E-state index contributed by atoms with van der Waals surface area (Å²) in [7, 11) is 0. The minimum absolute atomic E-state index is 0.0850. The van der Waals surface area contributed by atoms with Crippen LogP contribution in [0.5, 0.6) is 0 Å². The summed E-state index contributed by atoms with van der Waals surface area (Å²) in [6.07, 6.45) is -0.170. The Morgan fingerprint density at radius 1 is 0.619 bits per heavy atom. The third kappa shape index (κ3) is 8.78. The summed E-state index contributed by atoms with van der Waals surface area (Å²) in [5.41, 5.74) is 8.63. The minimum Gasteiger partial charge on any atom is -0.321 e. The second-order valence-electron chi connectivity index (χ2n) is 8.99. The quantitative estimate of drug-likeness (QED) is 0.134.